The Morgan fingerprint density at radius 3 is 2.57 bits per heavy atom. The second-order valence-electron chi connectivity index (χ2n) is 4.30. The molecule has 0 aliphatic heterocycles. The second-order valence-corrected chi connectivity index (χ2v) is 4.69. The zero-order chi connectivity index (χ0) is 15.2. The molecule has 108 valence electrons. The van der Waals surface area contributed by atoms with E-state index in [-0.39, 0.29) is 22.1 Å². The molecule has 0 aliphatic carbocycles. The lowest BCUT2D eigenvalue weighted by molar-refractivity contribution is -0.137. The first-order valence-corrected chi connectivity index (χ1v) is 6.11. The highest BCUT2D eigenvalue weighted by molar-refractivity contribution is 6.29. The molecule has 0 saturated heterocycles. The summed E-state index contributed by atoms with van der Waals surface area (Å²) in [7, 11) is 0. The van der Waals surface area contributed by atoms with Gasteiger partial charge in [0, 0.05) is 12.3 Å². The molecule has 0 aliphatic rings. The summed E-state index contributed by atoms with van der Waals surface area (Å²) in [5.74, 6) is -0.573. The molecule has 0 bridgehead atoms. The molecule has 1 N–H and O–H groups in total. The van der Waals surface area contributed by atoms with Gasteiger partial charge in [0.05, 0.1) is 22.2 Å². The molecule has 1 aromatic carbocycles. The standard InChI is InChI=1S/C13H6ClF4N3/c14-11-4-8(15)7(5-19-11)12-20-9-2-1-6(13(16,17)18)3-10(9)21-12/h1-5H,(H,20,21). The van der Waals surface area contributed by atoms with E-state index in [1.54, 1.807) is 0 Å². The Morgan fingerprint density at radius 1 is 1.14 bits per heavy atom. The first-order chi connectivity index (χ1) is 9.84. The largest absolute Gasteiger partial charge is 0.416 e. The third kappa shape index (κ3) is 2.56. The van der Waals surface area contributed by atoms with Crippen molar-refractivity contribution in [2.75, 3.05) is 0 Å². The Labute approximate surface area is 120 Å². The van der Waals surface area contributed by atoms with E-state index in [9.17, 15) is 17.6 Å². The average Bonchev–Trinajstić information content (AvgIpc) is 2.79. The number of H-pyrrole nitrogens is 1. The summed E-state index contributed by atoms with van der Waals surface area (Å²) in [6.07, 6.45) is -3.29. The van der Waals surface area contributed by atoms with Crippen LogP contribution in [-0.4, -0.2) is 15.0 Å². The molecule has 0 atom stereocenters. The Kier molecular flexibility index (Phi) is 3.09. The van der Waals surface area contributed by atoms with Gasteiger partial charge >= 0.3 is 6.18 Å². The zero-order valence-electron chi connectivity index (χ0n) is 10.2. The van der Waals surface area contributed by atoms with Gasteiger partial charge in [0.25, 0.3) is 0 Å². The van der Waals surface area contributed by atoms with Crippen molar-refractivity contribution in [1.29, 1.82) is 0 Å². The van der Waals surface area contributed by atoms with Gasteiger partial charge in [0.15, 0.2) is 0 Å². The highest BCUT2D eigenvalue weighted by Gasteiger charge is 2.30. The number of aromatic nitrogens is 3. The van der Waals surface area contributed by atoms with Crippen LogP contribution in [0.3, 0.4) is 0 Å². The smallest absolute Gasteiger partial charge is 0.338 e. The summed E-state index contributed by atoms with van der Waals surface area (Å²) in [5.41, 5.74) is -0.314. The molecular weight excluding hydrogens is 310 g/mol. The Balaban J connectivity index is 2.13. The molecule has 0 saturated carbocycles. The Morgan fingerprint density at radius 2 is 1.90 bits per heavy atom. The quantitative estimate of drug-likeness (QED) is 0.533. The van der Waals surface area contributed by atoms with E-state index in [1.807, 2.05) is 0 Å². The number of benzene rings is 1. The molecule has 3 nitrogen and oxygen atoms in total. The van der Waals surface area contributed by atoms with Crippen LogP contribution in [0.15, 0.2) is 30.5 Å². The Hall–Kier alpha value is -2.15. The van der Waals surface area contributed by atoms with E-state index in [4.69, 9.17) is 11.6 Å². The molecule has 0 fully saturated rings. The summed E-state index contributed by atoms with van der Waals surface area (Å²) >= 11 is 5.55. The summed E-state index contributed by atoms with van der Waals surface area (Å²) in [6.45, 7) is 0. The topological polar surface area (TPSA) is 41.6 Å². The molecule has 21 heavy (non-hydrogen) atoms. The minimum atomic E-state index is -4.45. The van der Waals surface area contributed by atoms with Gasteiger partial charge in [-0.25, -0.2) is 14.4 Å². The molecule has 3 aromatic rings. The van der Waals surface area contributed by atoms with Crippen LogP contribution >= 0.6 is 11.6 Å². The predicted octanol–water partition coefficient (Wildman–Crippen LogP) is 4.44. The highest BCUT2D eigenvalue weighted by atomic mass is 35.5. The maximum Gasteiger partial charge on any atom is 0.416 e. The molecule has 3 rings (SSSR count). The van der Waals surface area contributed by atoms with Gasteiger partial charge in [-0.3, -0.25) is 0 Å². The average molecular weight is 316 g/mol. The van der Waals surface area contributed by atoms with E-state index in [0.29, 0.717) is 5.52 Å². The number of imidazole rings is 1. The minimum absolute atomic E-state index is 0.0216. The van der Waals surface area contributed by atoms with Gasteiger partial charge in [-0.15, -0.1) is 0 Å². The normalized spacial score (nSPS) is 12.0. The fraction of sp³-hybridized carbons (Fsp3) is 0.0769. The van der Waals surface area contributed by atoms with E-state index in [1.165, 1.54) is 12.3 Å². The first-order valence-electron chi connectivity index (χ1n) is 5.73. The van der Waals surface area contributed by atoms with Crippen molar-refractivity contribution < 1.29 is 17.6 Å². The number of pyridine rings is 1. The zero-order valence-corrected chi connectivity index (χ0v) is 10.9. The molecule has 0 radical (unpaired) electrons. The maximum absolute atomic E-state index is 13.8. The molecule has 2 heterocycles. The number of hydrogen-bond acceptors (Lipinski definition) is 2. The SMILES string of the molecule is Fc1cc(Cl)ncc1-c1nc2ccc(C(F)(F)F)cc2[nH]1. The van der Waals surface area contributed by atoms with Crippen LogP contribution in [0.1, 0.15) is 5.56 Å². The molecule has 0 amide bonds. The number of nitrogens with zero attached hydrogens (tertiary/aromatic N) is 2. The van der Waals surface area contributed by atoms with Gasteiger partial charge in [-0.1, -0.05) is 11.6 Å². The van der Waals surface area contributed by atoms with Crippen LogP contribution in [0.25, 0.3) is 22.4 Å². The fourth-order valence-corrected chi connectivity index (χ4v) is 2.04. The minimum Gasteiger partial charge on any atom is -0.338 e. The van der Waals surface area contributed by atoms with Crippen molar-refractivity contribution in [2.24, 2.45) is 0 Å². The molecule has 8 heteroatoms. The number of alkyl halides is 3. The third-order valence-electron chi connectivity index (χ3n) is 2.88. The van der Waals surface area contributed by atoms with Crippen molar-refractivity contribution in [1.82, 2.24) is 15.0 Å². The van der Waals surface area contributed by atoms with Crippen LogP contribution < -0.4 is 0 Å². The molecule has 2 aromatic heterocycles. The summed E-state index contributed by atoms with van der Waals surface area (Å²) in [5, 5.41) is -0.0216. The lowest BCUT2D eigenvalue weighted by Gasteiger charge is -2.05. The fourth-order valence-electron chi connectivity index (χ4n) is 1.90. The summed E-state index contributed by atoms with van der Waals surface area (Å²) in [4.78, 5) is 10.4. The molecule has 0 spiro atoms. The van der Waals surface area contributed by atoms with E-state index in [2.05, 4.69) is 15.0 Å². The third-order valence-corrected chi connectivity index (χ3v) is 3.09. The van der Waals surface area contributed by atoms with Crippen molar-refractivity contribution in [3.8, 4) is 11.4 Å². The summed E-state index contributed by atoms with van der Waals surface area (Å²) in [6, 6.07) is 4.07. The van der Waals surface area contributed by atoms with Gasteiger partial charge in [-0.05, 0) is 18.2 Å². The van der Waals surface area contributed by atoms with Gasteiger partial charge in [0.2, 0.25) is 0 Å². The van der Waals surface area contributed by atoms with Gasteiger partial charge < -0.3 is 4.98 Å². The van der Waals surface area contributed by atoms with Gasteiger partial charge in [0.1, 0.15) is 16.8 Å². The molecular formula is C13H6ClF4N3. The molecule has 0 unspecified atom stereocenters. The lowest BCUT2D eigenvalue weighted by Crippen LogP contribution is -2.04. The lowest BCUT2D eigenvalue weighted by atomic mass is 10.2. The van der Waals surface area contributed by atoms with Crippen LogP contribution in [0.2, 0.25) is 5.15 Å². The number of aromatic amines is 1. The highest BCUT2D eigenvalue weighted by Crippen LogP contribution is 2.32. The first kappa shape index (κ1) is 13.8. The van der Waals surface area contributed by atoms with Gasteiger partial charge in [-0.2, -0.15) is 13.2 Å². The number of nitrogens with one attached hydrogen (secondary N) is 1. The maximum atomic E-state index is 13.8. The number of halogens is 5. The van der Waals surface area contributed by atoms with Crippen LogP contribution in [0.5, 0.6) is 0 Å². The van der Waals surface area contributed by atoms with Crippen LogP contribution in [-0.2, 0) is 6.18 Å². The van der Waals surface area contributed by atoms with Crippen LogP contribution in [0, 0.1) is 5.82 Å². The number of rotatable bonds is 1. The van der Waals surface area contributed by atoms with Crippen molar-refractivity contribution in [2.45, 2.75) is 6.18 Å². The van der Waals surface area contributed by atoms with Crippen LogP contribution in [0.4, 0.5) is 17.6 Å². The van der Waals surface area contributed by atoms with Crippen molar-refractivity contribution in [3.05, 3.63) is 47.0 Å². The van der Waals surface area contributed by atoms with Crippen molar-refractivity contribution >= 4 is 22.6 Å². The van der Waals surface area contributed by atoms with E-state index in [0.717, 1.165) is 18.2 Å². The Bertz CT molecular complexity index is 826. The number of hydrogen-bond donors (Lipinski definition) is 1. The monoisotopic (exact) mass is 315 g/mol. The van der Waals surface area contributed by atoms with Crippen molar-refractivity contribution in [3.63, 3.8) is 0 Å². The second kappa shape index (κ2) is 4.70. The van der Waals surface area contributed by atoms with E-state index >= 15 is 0 Å². The summed E-state index contributed by atoms with van der Waals surface area (Å²) < 4.78 is 51.7. The van der Waals surface area contributed by atoms with E-state index < -0.39 is 17.6 Å². The number of fused-ring (bicyclic) bond motifs is 1. The predicted molar refractivity (Wildman–Crippen MR) is 69.3 cm³/mol.